The van der Waals surface area contributed by atoms with Crippen LogP contribution in [0.2, 0.25) is 0 Å². The average Bonchev–Trinajstić information content (AvgIpc) is 2.33. The Morgan fingerprint density at radius 2 is 1.54 bits per heavy atom. The van der Waals surface area contributed by atoms with E-state index in [4.69, 9.17) is 5.73 Å². The molecule has 0 fully saturated rings. The van der Waals surface area contributed by atoms with Crippen LogP contribution in [0.25, 0.3) is 0 Å². The number of rotatable bonds is 4. The Hall–Kier alpha value is -1.89. The van der Waals surface area contributed by atoms with E-state index in [2.05, 4.69) is 0 Å². The third-order valence-electron chi connectivity index (χ3n) is 3.32. The van der Waals surface area contributed by atoms with E-state index in [1.165, 1.54) is 18.2 Å². The molecular weight excluding hydrogens is 328 g/mol. The molecule has 0 saturated heterocycles. The molecule has 0 aliphatic rings. The van der Waals surface area contributed by atoms with Crippen molar-refractivity contribution in [1.29, 1.82) is 0 Å². The average molecular weight is 354 g/mol. The van der Waals surface area contributed by atoms with E-state index in [0.29, 0.717) is 0 Å². The maximum atomic E-state index is 13.0. The molecule has 0 radical (unpaired) electrons. The zero-order chi connectivity index (χ0) is 18.9. The van der Waals surface area contributed by atoms with Crippen molar-refractivity contribution < 1.29 is 18.0 Å². The van der Waals surface area contributed by atoms with Crippen LogP contribution in [-0.4, -0.2) is 42.0 Å². The molecule has 0 aromatic heterocycles. The maximum Gasteiger partial charge on any atom is 0.254 e. The van der Waals surface area contributed by atoms with Gasteiger partial charge in [0, 0.05) is 16.6 Å². The highest BCUT2D eigenvalue weighted by molar-refractivity contribution is 7.92. The first-order valence-electron chi connectivity index (χ1n) is 7.62. The fraction of sp³-hybridized carbons (Fsp3) is 0.529. The maximum absolute atomic E-state index is 13.0. The van der Waals surface area contributed by atoms with E-state index in [1.807, 2.05) is 41.5 Å². The second-order valence-corrected chi connectivity index (χ2v) is 9.73. The zero-order valence-corrected chi connectivity index (χ0v) is 15.9. The fourth-order valence-electron chi connectivity index (χ4n) is 2.84. The fourth-order valence-corrected chi connectivity index (χ4v) is 3.97. The van der Waals surface area contributed by atoms with Crippen molar-refractivity contribution in [2.75, 3.05) is 5.75 Å². The first-order valence-corrected chi connectivity index (χ1v) is 9.27. The number of amides is 2. The van der Waals surface area contributed by atoms with Crippen molar-refractivity contribution in [1.82, 2.24) is 4.90 Å². The normalized spacial score (nSPS) is 12.8. The molecule has 134 valence electrons. The van der Waals surface area contributed by atoms with E-state index in [-0.39, 0.29) is 16.4 Å². The van der Waals surface area contributed by atoms with E-state index >= 15 is 0 Å². The topological polar surface area (TPSA) is 97.5 Å². The van der Waals surface area contributed by atoms with Crippen molar-refractivity contribution in [3.05, 3.63) is 29.8 Å². The minimum atomic E-state index is -3.86. The summed E-state index contributed by atoms with van der Waals surface area (Å²) in [6, 6.07) is 5.71. The summed E-state index contributed by atoms with van der Waals surface area (Å²) in [6.07, 6.45) is 0. The second-order valence-electron chi connectivity index (χ2n) is 7.74. The Bertz CT molecular complexity index is 727. The molecule has 1 aromatic carbocycles. The van der Waals surface area contributed by atoms with Crippen molar-refractivity contribution in [3.8, 4) is 0 Å². The summed E-state index contributed by atoms with van der Waals surface area (Å²) in [6.45, 7) is 11.5. The molecule has 0 saturated carbocycles. The van der Waals surface area contributed by atoms with Crippen LogP contribution in [0.1, 0.15) is 51.9 Å². The molecule has 6 nitrogen and oxygen atoms in total. The summed E-state index contributed by atoms with van der Waals surface area (Å²) in [7, 11) is -3.86. The lowest BCUT2D eigenvalue weighted by atomic mass is 9.94. The number of hydrogen-bond acceptors (Lipinski definition) is 4. The lowest BCUT2D eigenvalue weighted by Gasteiger charge is -2.45. The lowest BCUT2D eigenvalue weighted by Crippen LogP contribution is -2.55. The number of primary amides is 1. The van der Waals surface area contributed by atoms with Gasteiger partial charge in [-0.1, -0.05) is 6.07 Å². The van der Waals surface area contributed by atoms with Gasteiger partial charge < -0.3 is 10.6 Å². The Kier molecular flexibility index (Phi) is 5.50. The van der Waals surface area contributed by atoms with Gasteiger partial charge in [-0.2, -0.15) is 0 Å². The third kappa shape index (κ3) is 4.80. The quantitative estimate of drug-likeness (QED) is 0.894. The summed E-state index contributed by atoms with van der Waals surface area (Å²) in [5.74, 6) is -1.99. The number of nitrogens with zero attached hydrogens (tertiary/aromatic N) is 1. The van der Waals surface area contributed by atoms with Crippen LogP contribution in [0.5, 0.6) is 0 Å². The van der Waals surface area contributed by atoms with Crippen LogP contribution >= 0.6 is 0 Å². The van der Waals surface area contributed by atoms with Gasteiger partial charge >= 0.3 is 0 Å². The highest BCUT2D eigenvalue weighted by Crippen LogP contribution is 2.27. The predicted molar refractivity (Wildman–Crippen MR) is 93.4 cm³/mol. The second kappa shape index (κ2) is 6.55. The Balaban J connectivity index is 3.36. The van der Waals surface area contributed by atoms with Crippen LogP contribution < -0.4 is 5.73 Å². The van der Waals surface area contributed by atoms with Crippen LogP contribution in [0.4, 0.5) is 0 Å². The van der Waals surface area contributed by atoms with Crippen molar-refractivity contribution in [2.45, 2.75) is 57.5 Å². The van der Waals surface area contributed by atoms with E-state index in [9.17, 15) is 18.0 Å². The summed E-state index contributed by atoms with van der Waals surface area (Å²) in [5, 5.41) is 0. The Morgan fingerprint density at radius 3 is 1.96 bits per heavy atom. The van der Waals surface area contributed by atoms with Gasteiger partial charge in [0.2, 0.25) is 5.91 Å². The molecule has 0 aliphatic heterocycles. The highest BCUT2D eigenvalue weighted by Gasteiger charge is 2.36. The molecule has 0 aliphatic carbocycles. The van der Waals surface area contributed by atoms with E-state index in [0.717, 1.165) is 0 Å². The van der Waals surface area contributed by atoms with Crippen molar-refractivity contribution in [3.63, 3.8) is 0 Å². The van der Waals surface area contributed by atoms with Crippen LogP contribution in [0.3, 0.4) is 0 Å². The van der Waals surface area contributed by atoms with E-state index < -0.39 is 32.6 Å². The van der Waals surface area contributed by atoms with Crippen LogP contribution in [0.15, 0.2) is 29.2 Å². The summed E-state index contributed by atoms with van der Waals surface area (Å²) in [5.41, 5.74) is 4.34. The molecule has 0 spiro atoms. The Labute approximate surface area is 143 Å². The molecule has 1 aromatic rings. The molecule has 7 heteroatoms. The number of sulfone groups is 1. The number of benzene rings is 1. The molecule has 1 rings (SSSR count). The first kappa shape index (κ1) is 20.2. The van der Waals surface area contributed by atoms with Gasteiger partial charge in [0.1, 0.15) is 5.75 Å². The molecule has 2 N–H and O–H groups in total. The number of carbonyl (C=O) groups is 2. The molecule has 0 bridgehead atoms. The highest BCUT2D eigenvalue weighted by atomic mass is 32.2. The monoisotopic (exact) mass is 354 g/mol. The molecule has 0 unspecified atom stereocenters. The van der Waals surface area contributed by atoms with E-state index in [1.54, 1.807) is 11.0 Å². The summed E-state index contributed by atoms with van der Waals surface area (Å²) in [4.78, 5) is 25.5. The smallest absolute Gasteiger partial charge is 0.254 e. The lowest BCUT2D eigenvalue weighted by molar-refractivity contribution is -0.115. The largest absolute Gasteiger partial charge is 0.369 e. The third-order valence-corrected chi connectivity index (χ3v) is 4.95. The SMILES string of the molecule is CC(C)(C)N(C(=O)c1cccc(S(=O)(=O)CC(N)=O)c1)C(C)(C)C. The molecular formula is C17H26N2O4S. The van der Waals surface area contributed by atoms with Gasteiger partial charge in [-0.05, 0) is 59.7 Å². The van der Waals surface area contributed by atoms with Gasteiger partial charge in [-0.15, -0.1) is 0 Å². The van der Waals surface area contributed by atoms with Crippen molar-refractivity contribution in [2.24, 2.45) is 5.73 Å². The number of nitrogens with two attached hydrogens (primary N) is 1. The minimum Gasteiger partial charge on any atom is -0.369 e. The van der Waals surface area contributed by atoms with Crippen LogP contribution in [-0.2, 0) is 14.6 Å². The van der Waals surface area contributed by atoms with Gasteiger partial charge in [0.05, 0.1) is 4.90 Å². The standard InChI is InChI=1S/C17H26N2O4S/c1-16(2,3)19(17(4,5)6)15(21)12-8-7-9-13(10-12)24(22,23)11-14(18)20/h7-10H,11H2,1-6H3,(H2,18,20). The zero-order valence-electron chi connectivity index (χ0n) is 15.1. The number of hydrogen-bond donors (Lipinski definition) is 1. The Morgan fingerprint density at radius 1 is 1.04 bits per heavy atom. The van der Waals surface area contributed by atoms with Gasteiger partial charge in [-0.3, -0.25) is 9.59 Å². The molecule has 2 amide bonds. The summed E-state index contributed by atoms with van der Waals surface area (Å²) < 4.78 is 24.3. The molecule has 0 atom stereocenters. The van der Waals surface area contributed by atoms with Gasteiger partial charge in [-0.25, -0.2) is 8.42 Å². The van der Waals surface area contributed by atoms with Crippen molar-refractivity contribution >= 4 is 21.7 Å². The summed E-state index contributed by atoms with van der Waals surface area (Å²) >= 11 is 0. The predicted octanol–water partition coefficient (Wildman–Crippen LogP) is 1.98. The van der Waals surface area contributed by atoms with Gasteiger partial charge in [0.15, 0.2) is 9.84 Å². The molecule has 24 heavy (non-hydrogen) atoms. The first-order chi connectivity index (χ1) is 10.7. The molecule has 0 heterocycles. The number of carbonyl (C=O) groups excluding carboxylic acids is 2. The van der Waals surface area contributed by atoms with Crippen LogP contribution in [0, 0.1) is 0 Å². The van der Waals surface area contributed by atoms with Gasteiger partial charge in [0.25, 0.3) is 5.91 Å². The minimum absolute atomic E-state index is 0.0880.